The molecule has 0 saturated heterocycles. The largest absolute Gasteiger partial charge is 0.497 e. The van der Waals surface area contributed by atoms with E-state index in [1.807, 2.05) is 12.1 Å². The average Bonchev–Trinajstić information content (AvgIpc) is 3.70. The number of fused-ring (bicyclic) bond motifs is 2. The number of alkyl halides is 6. The Morgan fingerprint density at radius 3 is 1.24 bits per heavy atom. The molecule has 7 rings (SSSR count). The Labute approximate surface area is 273 Å². The second-order valence-corrected chi connectivity index (χ2v) is 11.2. The Balaban J connectivity index is 1.67. The van der Waals surface area contributed by atoms with Crippen LogP contribution < -0.4 is 9.47 Å². The van der Waals surface area contributed by atoms with Gasteiger partial charge in [0.1, 0.15) is 34.2 Å². The molecule has 2 aromatic heterocycles. The Morgan fingerprint density at radius 2 is 0.918 bits per heavy atom. The van der Waals surface area contributed by atoms with Gasteiger partial charge in [-0.1, -0.05) is 0 Å². The van der Waals surface area contributed by atoms with Crippen LogP contribution in [0.3, 0.4) is 0 Å². The first-order chi connectivity index (χ1) is 23.4. The van der Waals surface area contributed by atoms with Crippen molar-refractivity contribution < 1.29 is 44.7 Å². The summed E-state index contributed by atoms with van der Waals surface area (Å²) in [6, 6.07) is 22.4. The second kappa shape index (κ2) is 11.0. The summed E-state index contributed by atoms with van der Waals surface area (Å²) in [4.78, 5) is 0. The lowest BCUT2D eigenvalue weighted by Gasteiger charge is -2.26. The Kier molecular flexibility index (Phi) is 7.04. The zero-order valence-electron chi connectivity index (χ0n) is 25.4. The predicted octanol–water partition coefficient (Wildman–Crippen LogP) is 10.1. The number of benzene rings is 4. The normalized spacial score (nSPS) is 16.1. The Hall–Kier alpha value is -6.14. The molecule has 0 atom stereocenters. The number of hydrogen-bond donors (Lipinski definition) is 0. The highest BCUT2D eigenvalue weighted by molar-refractivity contribution is 6.15. The van der Waals surface area contributed by atoms with Crippen LogP contribution in [-0.4, -0.2) is 32.0 Å². The number of methoxy groups -OCH3 is 2. The molecule has 0 bridgehead atoms. The molecular weight excluding hydrogens is 650 g/mol. The van der Waals surface area contributed by atoms with E-state index in [2.05, 4.69) is 0 Å². The first-order valence-electron chi connectivity index (χ1n) is 14.5. The Morgan fingerprint density at radius 1 is 0.551 bits per heavy atom. The maximum absolute atomic E-state index is 16.4. The van der Waals surface area contributed by atoms with E-state index in [1.165, 1.54) is 99.1 Å². The first-order valence-corrected chi connectivity index (χ1v) is 14.5. The van der Waals surface area contributed by atoms with Gasteiger partial charge in [0.05, 0.1) is 37.5 Å². The summed E-state index contributed by atoms with van der Waals surface area (Å²) in [5.74, 6) is -17.2. The van der Waals surface area contributed by atoms with Gasteiger partial charge in [0.15, 0.2) is 0 Å². The van der Waals surface area contributed by atoms with Crippen LogP contribution in [0.1, 0.15) is 22.3 Å². The van der Waals surface area contributed by atoms with E-state index >= 15 is 26.3 Å². The van der Waals surface area contributed by atoms with Gasteiger partial charge in [-0.25, -0.2) is 0 Å². The van der Waals surface area contributed by atoms with E-state index in [1.54, 1.807) is 0 Å². The van der Waals surface area contributed by atoms with Crippen LogP contribution in [0.15, 0.2) is 93.8 Å². The van der Waals surface area contributed by atoms with Crippen LogP contribution >= 0.6 is 0 Å². The van der Waals surface area contributed by atoms with Crippen LogP contribution in [0.25, 0.3) is 55.7 Å². The summed E-state index contributed by atoms with van der Waals surface area (Å²) < 4.78 is 120. The van der Waals surface area contributed by atoms with Crippen LogP contribution in [0, 0.1) is 22.7 Å². The lowest BCUT2D eigenvalue weighted by molar-refractivity contribution is -0.254. The molecule has 1 aliphatic carbocycles. The van der Waals surface area contributed by atoms with Crippen molar-refractivity contribution in [3.8, 4) is 46.3 Å². The molecule has 0 radical (unpaired) electrons. The number of halogens is 6. The standard InChI is InChI=1S/C37H20F6N2O4/c1-46-23-11-13-25-27(15-23)48-33(21-7-3-19(17-44)4-8-21)29(25)31-32(36(40,41)37(42,43)35(31,38)39)30-26-14-12-24(47-2)16-28(26)49-34(30)22-9-5-20(18-45)6-10-22/h3-16H,1-2H3. The van der Waals surface area contributed by atoms with Gasteiger partial charge in [-0.15, -0.1) is 0 Å². The third-order valence-corrected chi connectivity index (χ3v) is 8.51. The van der Waals surface area contributed by atoms with Crippen molar-refractivity contribution in [3.05, 3.63) is 107 Å². The summed E-state index contributed by atoms with van der Waals surface area (Å²) in [7, 11) is 2.67. The maximum Gasteiger partial charge on any atom is 0.380 e. The van der Waals surface area contributed by atoms with E-state index in [-0.39, 0.29) is 55.7 Å². The van der Waals surface area contributed by atoms with E-state index in [0.29, 0.717) is 0 Å². The van der Waals surface area contributed by atoms with Crippen molar-refractivity contribution in [3.63, 3.8) is 0 Å². The summed E-state index contributed by atoms with van der Waals surface area (Å²) in [6.07, 6.45) is 0. The molecule has 244 valence electrons. The van der Waals surface area contributed by atoms with Gasteiger partial charge in [0.2, 0.25) is 0 Å². The van der Waals surface area contributed by atoms with E-state index in [9.17, 15) is 10.5 Å². The van der Waals surface area contributed by atoms with Gasteiger partial charge >= 0.3 is 17.8 Å². The number of allylic oxidation sites excluding steroid dienone is 2. The van der Waals surface area contributed by atoms with E-state index < -0.39 is 51.6 Å². The van der Waals surface area contributed by atoms with Gasteiger partial charge in [0.25, 0.3) is 0 Å². The monoisotopic (exact) mass is 670 g/mol. The number of ether oxygens (including phenoxy) is 2. The predicted molar refractivity (Wildman–Crippen MR) is 167 cm³/mol. The molecule has 4 aromatic carbocycles. The highest BCUT2D eigenvalue weighted by atomic mass is 19.3. The van der Waals surface area contributed by atoms with Gasteiger partial charge in [-0.05, 0) is 72.8 Å². The lowest BCUT2D eigenvalue weighted by Crippen LogP contribution is -2.48. The zero-order valence-corrected chi connectivity index (χ0v) is 25.4. The van der Waals surface area contributed by atoms with Crippen molar-refractivity contribution >= 4 is 33.1 Å². The van der Waals surface area contributed by atoms with Crippen molar-refractivity contribution in [2.75, 3.05) is 14.2 Å². The van der Waals surface area contributed by atoms with Crippen molar-refractivity contribution in [1.29, 1.82) is 10.5 Å². The number of rotatable bonds is 6. The molecule has 6 aromatic rings. The molecule has 1 aliphatic rings. The highest BCUT2D eigenvalue weighted by Crippen LogP contribution is 2.67. The van der Waals surface area contributed by atoms with Gasteiger partial charge in [0, 0.05) is 56.3 Å². The molecule has 0 spiro atoms. The first kappa shape index (κ1) is 31.5. The fourth-order valence-corrected chi connectivity index (χ4v) is 6.09. The molecule has 12 heteroatoms. The molecule has 0 unspecified atom stereocenters. The minimum absolute atomic E-state index is 0.0550. The van der Waals surface area contributed by atoms with Gasteiger partial charge < -0.3 is 18.3 Å². The fraction of sp³-hybridized carbons (Fsp3) is 0.135. The van der Waals surface area contributed by atoms with Crippen molar-refractivity contribution in [2.24, 2.45) is 0 Å². The SMILES string of the molecule is COc1ccc2c(C3=C(c4c(-c5ccc(C#N)cc5)oc5cc(OC)ccc45)C(F)(F)C(F)(F)C3(F)F)c(-c3ccc(C#N)cc3)oc2c1. The van der Waals surface area contributed by atoms with Gasteiger partial charge in [-0.3, -0.25) is 0 Å². The minimum Gasteiger partial charge on any atom is -0.497 e. The zero-order chi connectivity index (χ0) is 34.9. The summed E-state index contributed by atoms with van der Waals surface area (Å²) in [5, 5.41) is 18.3. The second-order valence-electron chi connectivity index (χ2n) is 11.2. The lowest BCUT2D eigenvalue weighted by atomic mass is 9.89. The topological polar surface area (TPSA) is 92.3 Å². The molecular formula is C37H20F6N2O4. The molecule has 0 saturated carbocycles. The number of nitriles is 2. The van der Waals surface area contributed by atoms with Crippen LogP contribution in [0.2, 0.25) is 0 Å². The number of furan rings is 2. The molecule has 0 N–H and O–H groups in total. The van der Waals surface area contributed by atoms with Crippen LogP contribution in [0.4, 0.5) is 26.3 Å². The number of hydrogen-bond acceptors (Lipinski definition) is 6. The van der Waals surface area contributed by atoms with Crippen LogP contribution in [0.5, 0.6) is 11.5 Å². The van der Waals surface area contributed by atoms with Crippen molar-refractivity contribution in [2.45, 2.75) is 17.8 Å². The average molecular weight is 671 g/mol. The summed E-state index contributed by atoms with van der Waals surface area (Å²) in [6.45, 7) is 0. The molecule has 49 heavy (non-hydrogen) atoms. The molecule has 0 aliphatic heterocycles. The molecule has 6 nitrogen and oxygen atoms in total. The maximum atomic E-state index is 16.4. The Bertz CT molecular complexity index is 2240. The summed E-state index contributed by atoms with van der Waals surface area (Å²) in [5.41, 5.74) is -4.45. The van der Waals surface area contributed by atoms with E-state index in [0.717, 1.165) is 0 Å². The third kappa shape index (κ3) is 4.48. The minimum atomic E-state index is -5.92. The van der Waals surface area contributed by atoms with Gasteiger partial charge in [-0.2, -0.15) is 36.9 Å². The van der Waals surface area contributed by atoms with Crippen molar-refractivity contribution in [1.82, 2.24) is 0 Å². The molecule has 2 heterocycles. The highest BCUT2D eigenvalue weighted by Gasteiger charge is 2.81. The van der Waals surface area contributed by atoms with Crippen LogP contribution in [-0.2, 0) is 0 Å². The van der Waals surface area contributed by atoms with E-state index in [4.69, 9.17) is 18.3 Å². The molecule has 0 fully saturated rings. The molecule has 0 amide bonds. The number of nitrogens with zero attached hydrogens (tertiary/aromatic N) is 2. The third-order valence-electron chi connectivity index (χ3n) is 8.51. The smallest absolute Gasteiger partial charge is 0.380 e. The fourth-order valence-electron chi connectivity index (χ4n) is 6.09. The quantitative estimate of drug-likeness (QED) is 0.164. The summed E-state index contributed by atoms with van der Waals surface area (Å²) >= 11 is 0.